The lowest BCUT2D eigenvalue weighted by Crippen LogP contribution is -2.59. The Hall–Kier alpha value is -2.95. The van der Waals surface area contributed by atoms with E-state index in [1.807, 2.05) is 20.8 Å². The van der Waals surface area contributed by atoms with E-state index in [0.717, 1.165) is 19.3 Å². The van der Waals surface area contributed by atoms with Crippen LogP contribution in [0.3, 0.4) is 0 Å². The molecule has 0 N–H and O–H groups in total. The van der Waals surface area contributed by atoms with Crippen molar-refractivity contribution in [3.8, 4) is 0 Å². The number of nitrogens with zero attached hydrogens (tertiary/aromatic N) is 3. The number of carbonyl (C=O) groups excluding carboxylic acids is 3. The number of carbonyl (C=O) groups is 3. The molecule has 3 saturated heterocycles. The number of fused-ring (bicyclic) bond motifs is 8. The number of methoxy groups -OCH3 is 3. The zero-order valence-electron chi connectivity index (χ0n) is 38.1. The number of cyclic esters (lactones) is 1. The summed E-state index contributed by atoms with van der Waals surface area (Å²) in [6.45, 7) is 8.06. The fourth-order valence-electron chi connectivity index (χ4n) is 12.8. The van der Waals surface area contributed by atoms with Crippen LogP contribution in [0.2, 0.25) is 0 Å². The summed E-state index contributed by atoms with van der Waals surface area (Å²) in [6, 6.07) is 0.291. The molecule has 4 aliphatic carbocycles. The topological polar surface area (TPSA) is 154 Å². The summed E-state index contributed by atoms with van der Waals surface area (Å²) in [5.41, 5.74) is 1.90. The Morgan fingerprint density at radius 2 is 1.50 bits per heavy atom. The highest BCUT2D eigenvalue weighted by Crippen LogP contribution is 2.63. The molecule has 14 heteroatoms. The van der Waals surface area contributed by atoms with E-state index in [1.165, 1.54) is 6.33 Å². The largest absolute Gasteiger partial charge is 0.462 e. The average Bonchev–Trinajstić information content (AvgIpc) is 3.95. The average molecular weight is 864 g/mol. The van der Waals surface area contributed by atoms with E-state index in [-0.39, 0.29) is 84.1 Å². The molecule has 4 heterocycles. The minimum Gasteiger partial charge on any atom is -0.462 e. The molecule has 2 unspecified atom stereocenters. The van der Waals surface area contributed by atoms with E-state index in [0.29, 0.717) is 54.9 Å². The first-order valence-electron chi connectivity index (χ1n) is 23.2. The predicted octanol–water partition coefficient (Wildman–Crippen LogP) is 5.62. The van der Waals surface area contributed by atoms with Crippen molar-refractivity contribution in [3.05, 3.63) is 42.0 Å². The molecular formula is C48H69N3O11. The number of ketones is 2. The van der Waals surface area contributed by atoms with Crippen LogP contribution >= 0.6 is 0 Å². The van der Waals surface area contributed by atoms with Crippen molar-refractivity contribution in [2.45, 2.75) is 153 Å². The lowest BCUT2D eigenvalue weighted by Gasteiger charge is -2.45. The van der Waals surface area contributed by atoms with E-state index < -0.39 is 48.6 Å². The molecule has 0 amide bonds. The van der Waals surface area contributed by atoms with Crippen LogP contribution in [-0.2, 0) is 52.3 Å². The van der Waals surface area contributed by atoms with Crippen LogP contribution in [0.4, 0.5) is 0 Å². The maximum absolute atomic E-state index is 15.2. The fourth-order valence-corrected chi connectivity index (χ4v) is 12.8. The normalized spacial score (nSPS) is 43.7. The number of likely N-dealkylation sites (N-methyl/N-ethyl adjacent to an activating group) is 1. The van der Waals surface area contributed by atoms with Gasteiger partial charge in [-0.3, -0.25) is 14.4 Å². The number of esters is 1. The Morgan fingerprint density at radius 3 is 2.16 bits per heavy atom. The molecule has 2 saturated carbocycles. The number of ether oxygens (including phenoxy) is 8. The van der Waals surface area contributed by atoms with Gasteiger partial charge in [-0.05, 0) is 114 Å². The summed E-state index contributed by atoms with van der Waals surface area (Å²) in [7, 11) is 9.06. The van der Waals surface area contributed by atoms with Crippen molar-refractivity contribution < 1.29 is 52.3 Å². The van der Waals surface area contributed by atoms with Crippen molar-refractivity contribution in [3.63, 3.8) is 0 Å². The van der Waals surface area contributed by atoms with Crippen LogP contribution in [0, 0.1) is 47.3 Å². The third-order valence-electron chi connectivity index (χ3n) is 15.8. The predicted molar refractivity (Wildman–Crippen MR) is 227 cm³/mol. The zero-order chi connectivity index (χ0) is 44.0. The number of Topliss-reactive ketones (excluding diaryl/α,β-unsaturated/α-hetero) is 2. The highest BCUT2D eigenvalue weighted by Gasteiger charge is 2.62. The van der Waals surface area contributed by atoms with Gasteiger partial charge in [0.05, 0.1) is 30.8 Å². The Labute approximate surface area is 367 Å². The van der Waals surface area contributed by atoms with Gasteiger partial charge in [0.25, 0.3) is 0 Å². The van der Waals surface area contributed by atoms with E-state index in [9.17, 15) is 9.59 Å². The number of hydrogen-bond donors (Lipinski definition) is 0. The lowest BCUT2D eigenvalue weighted by atomic mass is 9.57. The van der Waals surface area contributed by atoms with Gasteiger partial charge in [0.2, 0.25) is 0 Å². The van der Waals surface area contributed by atoms with Crippen LogP contribution in [0.1, 0.15) is 91.0 Å². The molecule has 14 nitrogen and oxygen atoms in total. The second-order valence-electron chi connectivity index (χ2n) is 19.3. The first kappa shape index (κ1) is 45.6. The number of allylic oxidation sites excluding steroid dienone is 4. The Bertz CT molecular complexity index is 1830. The monoisotopic (exact) mass is 863 g/mol. The summed E-state index contributed by atoms with van der Waals surface area (Å²) in [4.78, 5) is 55.0. The highest BCUT2D eigenvalue weighted by atomic mass is 16.7. The molecule has 7 aliphatic rings. The summed E-state index contributed by atoms with van der Waals surface area (Å²) in [5.74, 6) is -2.22. The van der Waals surface area contributed by atoms with Gasteiger partial charge in [-0.15, -0.1) is 0 Å². The Balaban J connectivity index is 1.13. The molecule has 0 spiro atoms. The number of aromatic nitrogens is 2. The summed E-state index contributed by atoms with van der Waals surface area (Å²) >= 11 is 0. The molecule has 0 aromatic carbocycles. The molecule has 1 aromatic rings. The number of hydrogen-bond acceptors (Lipinski definition) is 14. The summed E-state index contributed by atoms with van der Waals surface area (Å²) in [6.07, 6.45) is 11.4. The SMILES string of the molecule is CC[C@H]1CCC[C@H](O[C@H]2CC[C@H](N(C)C)[C@@H](C)O2)[C@@H](C)C(=O)C2=C[C@H]3[C@@H]4C[C@H](O[C@@H]5O[C@@H](C)[C@H](OC)[C@@H](OC)[C@H]5OC)C[C@H]4C4C=C(c5cncnc5)C(=O)C4[C@H]3[C@@H]2CC(=O)O1. The van der Waals surface area contributed by atoms with E-state index in [2.05, 4.69) is 48.0 Å². The van der Waals surface area contributed by atoms with Crippen LogP contribution < -0.4 is 0 Å². The second-order valence-corrected chi connectivity index (χ2v) is 19.3. The molecule has 62 heavy (non-hydrogen) atoms. The van der Waals surface area contributed by atoms with Gasteiger partial charge in [-0.2, -0.15) is 0 Å². The van der Waals surface area contributed by atoms with Gasteiger partial charge >= 0.3 is 5.97 Å². The molecule has 342 valence electrons. The molecule has 1 aromatic heterocycles. The van der Waals surface area contributed by atoms with Crippen LogP contribution in [0.5, 0.6) is 0 Å². The van der Waals surface area contributed by atoms with Crippen LogP contribution in [-0.4, -0.2) is 135 Å². The smallest absolute Gasteiger partial charge is 0.306 e. The molecule has 8 rings (SSSR count). The fraction of sp³-hybridized carbons (Fsp3) is 0.771. The van der Waals surface area contributed by atoms with E-state index >= 15 is 4.79 Å². The number of rotatable bonds is 10. The third-order valence-corrected chi connectivity index (χ3v) is 15.8. The molecular weight excluding hydrogens is 795 g/mol. The zero-order valence-corrected chi connectivity index (χ0v) is 38.1. The standard InChI is InChI=1S/C48H69N3O11/c1-10-28-12-11-13-38(62-40-15-14-37(51(5)6)25(3)58-40)24(2)43(53)36-19-33-31-16-29(61-48-47(57-9)46(56-8)45(55-7)26(4)59-48)17-32(31)34-18-30(27-21-49-23-50-22-27)44(54)42(34)41(33)35(36)20-39(52)60-28/h18-19,21-26,28-29,31-35,37-38,40-42,45-48H,10-17,20H2,1-9H3/t24-,25-,26+,28+,29+,31-,32-,33+,34?,35-,37+,38+,40+,41-,42?,45+,46-,47-,48+/m1/s1. The Kier molecular flexibility index (Phi) is 14.2. The van der Waals surface area contributed by atoms with Gasteiger partial charge in [-0.1, -0.05) is 26.0 Å². The summed E-state index contributed by atoms with van der Waals surface area (Å²) in [5, 5.41) is 0. The highest BCUT2D eigenvalue weighted by molar-refractivity contribution is 6.24. The van der Waals surface area contributed by atoms with Crippen molar-refractivity contribution in [2.24, 2.45) is 47.3 Å². The quantitative estimate of drug-likeness (QED) is 0.268. The van der Waals surface area contributed by atoms with E-state index in [1.54, 1.807) is 33.7 Å². The minimum absolute atomic E-state index is 0.0157. The first-order valence-corrected chi connectivity index (χ1v) is 23.2. The van der Waals surface area contributed by atoms with E-state index in [4.69, 9.17) is 37.9 Å². The van der Waals surface area contributed by atoms with Crippen molar-refractivity contribution in [1.29, 1.82) is 0 Å². The molecule has 3 aliphatic heterocycles. The third kappa shape index (κ3) is 8.64. The second kappa shape index (κ2) is 19.3. The maximum Gasteiger partial charge on any atom is 0.306 e. The van der Waals surface area contributed by atoms with Gasteiger partial charge in [0.1, 0.15) is 30.7 Å². The molecule has 0 radical (unpaired) electrons. The maximum atomic E-state index is 15.2. The molecule has 19 atom stereocenters. The van der Waals surface area contributed by atoms with Gasteiger partial charge in [0, 0.05) is 68.7 Å². The Morgan fingerprint density at radius 1 is 0.790 bits per heavy atom. The van der Waals surface area contributed by atoms with Crippen molar-refractivity contribution in [2.75, 3.05) is 35.4 Å². The minimum atomic E-state index is -0.705. The van der Waals surface area contributed by atoms with Gasteiger partial charge < -0.3 is 42.8 Å². The van der Waals surface area contributed by atoms with Crippen molar-refractivity contribution >= 4 is 23.1 Å². The lowest BCUT2D eigenvalue weighted by molar-refractivity contribution is -0.314. The summed E-state index contributed by atoms with van der Waals surface area (Å²) < 4.78 is 50.4. The molecule has 0 bridgehead atoms. The van der Waals surface area contributed by atoms with Crippen LogP contribution in [0.15, 0.2) is 36.4 Å². The molecule has 5 fully saturated rings. The van der Waals surface area contributed by atoms with Gasteiger partial charge in [0.15, 0.2) is 24.1 Å². The van der Waals surface area contributed by atoms with Gasteiger partial charge in [-0.25, -0.2) is 9.97 Å². The van der Waals surface area contributed by atoms with Crippen LogP contribution in [0.25, 0.3) is 5.57 Å². The first-order chi connectivity index (χ1) is 29.9. The van der Waals surface area contributed by atoms with Crippen molar-refractivity contribution in [1.82, 2.24) is 14.9 Å².